The summed E-state index contributed by atoms with van der Waals surface area (Å²) in [5, 5.41) is 26.9. The van der Waals surface area contributed by atoms with E-state index in [0.717, 1.165) is 32.1 Å². The molecule has 0 aromatic heterocycles. The highest BCUT2D eigenvalue weighted by Crippen LogP contribution is 2.28. The quantitative estimate of drug-likeness (QED) is 0.643. The summed E-state index contributed by atoms with van der Waals surface area (Å²) in [5.74, 6) is -0.0562. The molecular formula is C11H21NO2. The highest BCUT2D eigenvalue weighted by atomic mass is 16.3. The number of rotatable bonds is 4. The lowest BCUT2D eigenvalue weighted by atomic mass is 9.78. The van der Waals surface area contributed by atoms with E-state index >= 15 is 0 Å². The van der Waals surface area contributed by atoms with Gasteiger partial charge in [-0.2, -0.15) is 0 Å². The summed E-state index contributed by atoms with van der Waals surface area (Å²) in [6.45, 7) is 2.00. The third-order valence-electron chi connectivity index (χ3n) is 3.31. The molecule has 1 aliphatic rings. The van der Waals surface area contributed by atoms with Gasteiger partial charge in [0.15, 0.2) is 0 Å². The van der Waals surface area contributed by atoms with E-state index in [1.807, 2.05) is 6.92 Å². The molecule has 3 heteroatoms. The van der Waals surface area contributed by atoms with Crippen molar-refractivity contribution in [3.8, 4) is 0 Å². The molecule has 0 aromatic carbocycles. The van der Waals surface area contributed by atoms with E-state index in [9.17, 15) is 5.11 Å². The Hall–Kier alpha value is -0.410. The molecule has 3 atom stereocenters. The van der Waals surface area contributed by atoms with Gasteiger partial charge in [-0.05, 0) is 25.7 Å². The van der Waals surface area contributed by atoms with Crippen LogP contribution in [0.15, 0.2) is 0 Å². The zero-order chi connectivity index (χ0) is 10.6. The molecular weight excluding hydrogens is 178 g/mol. The molecule has 0 aliphatic heterocycles. The van der Waals surface area contributed by atoms with Gasteiger partial charge in [0.1, 0.15) is 0 Å². The van der Waals surface area contributed by atoms with Crippen LogP contribution in [0, 0.1) is 17.2 Å². The molecule has 1 rings (SSSR count). The Morgan fingerprint density at radius 2 is 2.21 bits per heavy atom. The molecule has 0 bridgehead atoms. The van der Waals surface area contributed by atoms with Gasteiger partial charge in [0, 0.05) is 24.2 Å². The Morgan fingerprint density at radius 3 is 2.71 bits per heavy atom. The Balaban J connectivity index is 2.56. The van der Waals surface area contributed by atoms with Crippen LogP contribution in [0.3, 0.4) is 0 Å². The first kappa shape index (κ1) is 11.7. The lowest BCUT2D eigenvalue weighted by molar-refractivity contribution is 0.0352. The minimum atomic E-state index is -0.516. The molecule has 0 amide bonds. The molecule has 82 valence electrons. The smallest absolute Gasteiger partial charge is 0.0670 e. The molecule has 0 aromatic rings. The van der Waals surface area contributed by atoms with Crippen LogP contribution in [0.4, 0.5) is 0 Å². The molecule has 3 unspecified atom stereocenters. The molecule has 0 saturated heterocycles. The van der Waals surface area contributed by atoms with Crippen LogP contribution in [-0.4, -0.2) is 28.6 Å². The summed E-state index contributed by atoms with van der Waals surface area (Å²) in [4.78, 5) is 0. The first-order valence-electron chi connectivity index (χ1n) is 5.57. The maximum atomic E-state index is 10.0. The SMILES string of the molecule is CCC(CO)C(O)C1CCCCC1=N. The molecule has 0 heterocycles. The third kappa shape index (κ3) is 2.55. The summed E-state index contributed by atoms with van der Waals surface area (Å²) in [6, 6.07) is 0. The zero-order valence-corrected chi connectivity index (χ0v) is 8.87. The van der Waals surface area contributed by atoms with Gasteiger partial charge in [-0.25, -0.2) is 0 Å². The van der Waals surface area contributed by atoms with Gasteiger partial charge in [-0.3, -0.25) is 0 Å². The van der Waals surface area contributed by atoms with E-state index in [0.29, 0.717) is 5.71 Å². The van der Waals surface area contributed by atoms with Crippen LogP contribution < -0.4 is 0 Å². The third-order valence-corrected chi connectivity index (χ3v) is 3.31. The fourth-order valence-electron chi connectivity index (χ4n) is 2.22. The van der Waals surface area contributed by atoms with Crippen molar-refractivity contribution in [1.29, 1.82) is 5.41 Å². The fraction of sp³-hybridized carbons (Fsp3) is 0.909. The minimum absolute atomic E-state index is 0.000787. The minimum Gasteiger partial charge on any atom is -0.396 e. The van der Waals surface area contributed by atoms with Gasteiger partial charge in [0.25, 0.3) is 0 Å². The predicted molar refractivity (Wildman–Crippen MR) is 56.6 cm³/mol. The van der Waals surface area contributed by atoms with Gasteiger partial charge < -0.3 is 15.6 Å². The van der Waals surface area contributed by atoms with E-state index in [2.05, 4.69) is 0 Å². The fourth-order valence-corrected chi connectivity index (χ4v) is 2.22. The van der Waals surface area contributed by atoms with Crippen molar-refractivity contribution in [2.75, 3.05) is 6.61 Å². The highest BCUT2D eigenvalue weighted by Gasteiger charge is 2.30. The van der Waals surface area contributed by atoms with Gasteiger partial charge in [0.05, 0.1) is 6.10 Å². The average Bonchev–Trinajstić information content (AvgIpc) is 2.20. The van der Waals surface area contributed by atoms with E-state index in [1.165, 1.54) is 0 Å². The molecule has 0 spiro atoms. The first-order chi connectivity index (χ1) is 6.70. The summed E-state index contributed by atoms with van der Waals surface area (Å²) in [7, 11) is 0. The predicted octanol–water partition coefficient (Wildman–Crippen LogP) is 1.58. The van der Waals surface area contributed by atoms with Crippen LogP contribution in [-0.2, 0) is 0 Å². The number of nitrogens with one attached hydrogen (secondary N) is 1. The molecule has 3 N–H and O–H groups in total. The molecule has 0 radical (unpaired) electrons. The number of aliphatic hydroxyl groups excluding tert-OH is 2. The van der Waals surface area contributed by atoms with E-state index in [1.54, 1.807) is 0 Å². The molecule has 1 saturated carbocycles. The number of hydrogen-bond donors (Lipinski definition) is 3. The summed E-state index contributed by atoms with van der Waals surface area (Å²) < 4.78 is 0. The molecule has 14 heavy (non-hydrogen) atoms. The Labute approximate surface area is 85.7 Å². The lowest BCUT2D eigenvalue weighted by Crippen LogP contribution is -2.37. The summed E-state index contributed by atoms with van der Waals surface area (Å²) in [6.07, 6.45) is 4.18. The maximum absolute atomic E-state index is 10.0. The normalized spacial score (nSPS) is 27.4. The second kappa shape index (κ2) is 5.47. The van der Waals surface area contributed by atoms with Crippen molar-refractivity contribution in [2.45, 2.75) is 45.1 Å². The maximum Gasteiger partial charge on any atom is 0.0670 e. The standard InChI is InChI=1S/C11H21NO2/c1-2-8(7-13)11(14)9-5-3-4-6-10(9)12/h8-9,11-14H,2-7H2,1H3. The molecule has 3 nitrogen and oxygen atoms in total. The van der Waals surface area contributed by atoms with Crippen LogP contribution in [0.5, 0.6) is 0 Å². The topological polar surface area (TPSA) is 64.3 Å². The van der Waals surface area contributed by atoms with Crippen LogP contribution in [0.25, 0.3) is 0 Å². The Kier molecular flexibility index (Phi) is 4.55. The summed E-state index contributed by atoms with van der Waals surface area (Å²) >= 11 is 0. The van der Waals surface area contributed by atoms with Crippen LogP contribution in [0.2, 0.25) is 0 Å². The first-order valence-corrected chi connectivity index (χ1v) is 5.57. The number of hydrogen-bond acceptors (Lipinski definition) is 3. The summed E-state index contributed by atoms with van der Waals surface area (Å²) in [5.41, 5.74) is 0.677. The lowest BCUT2D eigenvalue weighted by Gasteiger charge is -2.31. The largest absolute Gasteiger partial charge is 0.396 e. The van der Waals surface area contributed by atoms with Crippen LogP contribution >= 0.6 is 0 Å². The van der Waals surface area contributed by atoms with Crippen molar-refractivity contribution in [2.24, 2.45) is 11.8 Å². The number of aliphatic hydroxyl groups is 2. The van der Waals surface area contributed by atoms with Crippen molar-refractivity contribution in [3.05, 3.63) is 0 Å². The second-order valence-electron chi connectivity index (χ2n) is 4.22. The average molecular weight is 199 g/mol. The van der Waals surface area contributed by atoms with Gasteiger partial charge >= 0.3 is 0 Å². The van der Waals surface area contributed by atoms with Gasteiger partial charge in [-0.1, -0.05) is 13.3 Å². The monoisotopic (exact) mass is 199 g/mol. The highest BCUT2D eigenvalue weighted by molar-refractivity contribution is 5.84. The van der Waals surface area contributed by atoms with Gasteiger partial charge in [-0.15, -0.1) is 0 Å². The second-order valence-corrected chi connectivity index (χ2v) is 4.22. The van der Waals surface area contributed by atoms with E-state index in [4.69, 9.17) is 10.5 Å². The van der Waals surface area contributed by atoms with Crippen molar-refractivity contribution < 1.29 is 10.2 Å². The van der Waals surface area contributed by atoms with E-state index in [-0.39, 0.29) is 18.4 Å². The van der Waals surface area contributed by atoms with Gasteiger partial charge in [0.2, 0.25) is 0 Å². The van der Waals surface area contributed by atoms with E-state index < -0.39 is 6.10 Å². The zero-order valence-electron chi connectivity index (χ0n) is 8.87. The van der Waals surface area contributed by atoms with Crippen LogP contribution in [0.1, 0.15) is 39.0 Å². The van der Waals surface area contributed by atoms with Crippen molar-refractivity contribution in [3.63, 3.8) is 0 Å². The van der Waals surface area contributed by atoms with Crippen molar-refractivity contribution in [1.82, 2.24) is 0 Å². The molecule has 1 aliphatic carbocycles. The Bertz CT molecular complexity index is 190. The molecule has 1 fully saturated rings. The van der Waals surface area contributed by atoms with Crippen molar-refractivity contribution >= 4 is 5.71 Å². The Morgan fingerprint density at radius 1 is 1.50 bits per heavy atom.